The van der Waals surface area contributed by atoms with E-state index in [4.69, 9.17) is 23.7 Å². The number of amides is 10. The van der Waals surface area contributed by atoms with Crippen LogP contribution >= 0.6 is 0 Å². The quantitative estimate of drug-likeness (QED) is 0.0171. The largest absolute Gasteiger partial charge is 0.494 e. The van der Waals surface area contributed by atoms with Gasteiger partial charge < -0.3 is 86.6 Å². The summed E-state index contributed by atoms with van der Waals surface area (Å²) in [5, 5.41) is 43.3. The first kappa shape index (κ1) is 83.5. The molecule has 0 radical (unpaired) electrons. The molecule has 0 unspecified atom stereocenters. The van der Waals surface area contributed by atoms with Crippen molar-refractivity contribution in [3.05, 3.63) is 138 Å². The van der Waals surface area contributed by atoms with E-state index in [1.807, 2.05) is 6.92 Å². The minimum atomic E-state index is -4.19. The number of benzene rings is 5. The van der Waals surface area contributed by atoms with Gasteiger partial charge in [0.05, 0.1) is 98.3 Å². The predicted octanol–water partition coefficient (Wildman–Crippen LogP) is 7.86. The number of aromatic nitrogens is 2. The van der Waals surface area contributed by atoms with E-state index in [0.29, 0.717) is 54.9 Å². The molecule has 586 valence electrons. The number of halogens is 2. The number of carboxylic acids is 2. The number of fused-ring (bicyclic) bond motifs is 6. The summed E-state index contributed by atoms with van der Waals surface area (Å²) >= 11 is 0. The molecule has 33 nitrogen and oxygen atoms in total. The third kappa shape index (κ3) is 26.9. The van der Waals surface area contributed by atoms with Crippen LogP contribution in [0.2, 0.25) is 0 Å². The van der Waals surface area contributed by atoms with Gasteiger partial charge in [0.25, 0.3) is 15.9 Å². The Balaban J connectivity index is 0.711. The number of ether oxygens (including phenoxy) is 5. The number of nitrogens with one attached hydrogen (secondary N) is 10. The Bertz CT molecular complexity index is 4480. The molecule has 0 aliphatic carbocycles. The van der Waals surface area contributed by atoms with E-state index in [2.05, 4.69) is 66.9 Å². The molecule has 4 bridgehead atoms. The predicted molar refractivity (Wildman–Crippen MR) is 397 cm³/mol. The third-order valence-electron chi connectivity index (χ3n) is 16.3. The molecule has 8 rings (SSSR count). The molecule has 5 aromatic carbocycles. The summed E-state index contributed by atoms with van der Waals surface area (Å²) in [6.45, 7) is 6.57. The van der Waals surface area contributed by atoms with Crippen LogP contribution in [0.3, 0.4) is 0 Å². The molecular weight excluding hydrogens is 1470 g/mol. The normalized spacial score (nSPS) is 14.8. The molecule has 1 saturated heterocycles. The highest BCUT2D eigenvalue weighted by Gasteiger charge is 2.40. The fraction of sp³-hybridized carbons (Fsp3) is 0.403. The summed E-state index contributed by atoms with van der Waals surface area (Å²) in [7, 11) is -7.60. The lowest BCUT2D eigenvalue weighted by Crippen LogP contribution is -2.56. The van der Waals surface area contributed by atoms with Crippen molar-refractivity contribution in [2.45, 2.75) is 107 Å². The van der Waals surface area contributed by atoms with E-state index in [-0.39, 0.29) is 135 Å². The molecule has 10 amide bonds. The highest BCUT2D eigenvalue weighted by Crippen LogP contribution is 2.34. The lowest BCUT2D eigenvalue weighted by molar-refractivity contribution is -0.146. The summed E-state index contributed by atoms with van der Waals surface area (Å²) in [5.74, 6) is -7.69. The van der Waals surface area contributed by atoms with E-state index in [1.165, 1.54) is 85.1 Å². The Labute approximate surface area is 627 Å². The molecule has 2 aliphatic heterocycles. The van der Waals surface area contributed by atoms with Gasteiger partial charge in [-0.15, -0.1) is 0 Å². The molecule has 0 saturated carbocycles. The van der Waals surface area contributed by atoms with Crippen molar-refractivity contribution in [3.8, 4) is 22.8 Å². The standard InChI is InChI=1S/C72H88F2N14O19S2/c1-5-23-75-70(97)81-50-12-9-14-54(39-50)109(101,102)86-51-13-8-11-46(36-51)57(40-62(90)91)83-72(99)80-49-19-17-48(18-20-49)79-71(98)76-24-29-104-31-33-105-32-30-103-28-22-61(89)82-58(41-63(92)93)68(96)88-25-10-15-59(88)66(94)84-64(44(2)3)67(95)87-108(4,100)43-45-34-52-38-53(35-45)106-26-6-7-27-107-60-37-47(73)16-21-55(60)65-56(74)42-77-69(78-52)85-65/h8-9,11-14,16-21,34-39,42,44,57-59,64,86H,5-7,10,15,22-33,40-41,43H2,1-4H3,(H,82,89)(H,84,94)(H,90,91)(H,92,93)(H2,75,81,97)(H2,76,79,98)(H,77,78,85)(H2,80,83,99)/t57-,58-,59-,64-,108-/m0/s1. The van der Waals surface area contributed by atoms with E-state index < -0.39 is 128 Å². The number of likely N-dealkylation sites (tertiary alicyclic amines) is 1. The summed E-state index contributed by atoms with van der Waals surface area (Å²) in [5.41, 5.74) is 2.05. The smallest absolute Gasteiger partial charge is 0.319 e. The number of carbonyl (C=O) groups excluding carboxylic acids is 7. The van der Waals surface area contributed by atoms with Crippen molar-refractivity contribution < 1.29 is 98.5 Å². The second-order valence-electron chi connectivity index (χ2n) is 25.5. The van der Waals surface area contributed by atoms with Gasteiger partial charge in [-0.3, -0.25) is 33.5 Å². The fourth-order valence-electron chi connectivity index (χ4n) is 11.2. The summed E-state index contributed by atoms with van der Waals surface area (Å²) in [6, 6.07) is 19.0. The van der Waals surface area contributed by atoms with Crippen LogP contribution in [0, 0.1) is 17.6 Å². The van der Waals surface area contributed by atoms with Crippen molar-refractivity contribution in [3.63, 3.8) is 0 Å². The van der Waals surface area contributed by atoms with Crippen molar-refractivity contribution in [1.82, 2.24) is 41.5 Å². The first-order valence-corrected chi connectivity index (χ1v) is 38.5. The zero-order valence-electron chi connectivity index (χ0n) is 60.2. The van der Waals surface area contributed by atoms with Crippen LogP contribution in [0.4, 0.5) is 57.5 Å². The SMILES string of the molecule is CCCNC(=O)Nc1cccc(S(=O)(=O)Nc2cccc([C@H](CC(=O)O)NC(=O)Nc3ccc(NC(=O)NCCOCCOCCOCCC(=O)N[C@@H](CC(=O)O)C(=O)N4CCC[C@H]4C(=O)N[C@H](C(=O)N=[S@@](C)(=O)Cc4cc5cc(c4)OCCCCOc4cc(F)ccc4-c4nc(ncc4F)N5)C(C)C)cc3)c2)c1. The Morgan fingerprint density at radius 3 is 2.05 bits per heavy atom. The van der Waals surface area contributed by atoms with Gasteiger partial charge in [-0.2, -0.15) is 4.36 Å². The third-order valence-corrected chi connectivity index (χ3v) is 19.2. The van der Waals surface area contributed by atoms with Crippen LogP contribution in [-0.4, -0.2) is 188 Å². The summed E-state index contributed by atoms with van der Waals surface area (Å²) in [4.78, 5) is 126. The molecule has 5 atom stereocenters. The van der Waals surface area contributed by atoms with E-state index in [1.54, 1.807) is 32.0 Å². The molecule has 12 N–H and O–H groups in total. The molecule has 0 spiro atoms. The van der Waals surface area contributed by atoms with Gasteiger partial charge in [0.15, 0.2) is 5.82 Å². The van der Waals surface area contributed by atoms with Crippen molar-refractivity contribution >= 4 is 108 Å². The van der Waals surface area contributed by atoms with Crippen LogP contribution in [0.25, 0.3) is 11.3 Å². The maximum atomic E-state index is 15.2. The lowest BCUT2D eigenvalue weighted by atomic mass is 10.0. The number of hydrogen-bond acceptors (Lipinski definition) is 20. The number of carbonyl (C=O) groups is 9. The Morgan fingerprint density at radius 1 is 0.697 bits per heavy atom. The van der Waals surface area contributed by atoms with E-state index >= 15 is 4.39 Å². The zero-order valence-corrected chi connectivity index (χ0v) is 61.8. The number of urea groups is 3. The van der Waals surface area contributed by atoms with Gasteiger partial charge in [0.2, 0.25) is 23.7 Å². The van der Waals surface area contributed by atoms with Crippen molar-refractivity contribution in [2.24, 2.45) is 10.3 Å². The number of sulfonamides is 1. The van der Waals surface area contributed by atoms with Crippen molar-refractivity contribution in [2.75, 3.05) is 105 Å². The van der Waals surface area contributed by atoms with Crippen LogP contribution in [-0.2, 0) is 68.5 Å². The van der Waals surface area contributed by atoms with Gasteiger partial charge in [-0.25, -0.2) is 45.8 Å². The lowest BCUT2D eigenvalue weighted by Gasteiger charge is -2.29. The molecule has 3 heterocycles. The van der Waals surface area contributed by atoms with Crippen LogP contribution in [0.15, 0.2) is 125 Å². The van der Waals surface area contributed by atoms with Gasteiger partial charge >= 0.3 is 30.0 Å². The minimum Gasteiger partial charge on any atom is -0.494 e. The van der Waals surface area contributed by atoms with Gasteiger partial charge in [-0.1, -0.05) is 39.0 Å². The number of hydrogen-bond donors (Lipinski definition) is 12. The van der Waals surface area contributed by atoms with Crippen LogP contribution in [0.1, 0.15) is 89.3 Å². The number of anilines is 6. The first-order chi connectivity index (χ1) is 52.1. The highest BCUT2D eigenvalue weighted by molar-refractivity contribution is 7.93. The maximum Gasteiger partial charge on any atom is 0.319 e. The molecular formula is C72H88F2N14O19S2. The summed E-state index contributed by atoms with van der Waals surface area (Å²) < 4.78 is 105. The molecule has 1 aromatic heterocycles. The number of carboxylic acid groups (broad SMARTS) is 2. The van der Waals surface area contributed by atoms with Crippen LogP contribution in [0.5, 0.6) is 11.5 Å². The number of aliphatic carboxylic acids is 2. The van der Waals surface area contributed by atoms with Crippen molar-refractivity contribution in [1.29, 1.82) is 0 Å². The Hall–Kier alpha value is -11.2. The molecule has 2 aliphatic rings. The summed E-state index contributed by atoms with van der Waals surface area (Å²) in [6.07, 6.45) is 2.76. The highest BCUT2D eigenvalue weighted by atomic mass is 32.2. The Morgan fingerprint density at radius 2 is 1.35 bits per heavy atom. The zero-order chi connectivity index (χ0) is 78.6. The average molecular weight is 1560 g/mol. The number of nitrogens with zero attached hydrogens (tertiary/aromatic N) is 4. The number of rotatable bonds is 34. The molecule has 6 aromatic rings. The topological polar surface area (TPSA) is 453 Å². The second kappa shape index (κ2) is 40.7. The Kier molecular flexibility index (Phi) is 31.2. The van der Waals surface area contributed by atoms with E-state index in [9.17, 15) is 70.4 Å². The average Bonchev–Trinajstić information content (AvgIpc) is 0.969. The first-order valence-electron chi connectivity index (χ1n) is 34.9. The molecule has 1 fully saturated rings. The minimum absolute atomic E-state index is 0.0341. The van der Waals surface area contributed by atoms with Crippen LogP contribution < -0.4 is 62.0 Å². The van der Waals surface area contributed by atoms with E-state index in [0.717, 1.165) is 23.2 Å². The van der Waals surface area contributed by atoms with Gasteiger partial charge in [0, 0.05) is 78.4 Å². The maximum absolute atomic E-state index is 15.2. The monoisotopic (exact) mass is 1550 g/mol. The molecule has 37 heteroatoms. The van der Waals surface area contributed by atoms with Gasteiger partial charge in [0.1, 0.15) is 41.1 Å². The molecule has 109 heavy (non-hydrogen) atoms. The van der Waals surface area contributed by atoms with Gasteiger partial charge in [-0.05, 0) is 128 Å². The fourth-order valence-corrected chi connectivity index (χ4v) is 13.7. The second-order valence-corrected chi connectivity index (χ2v) is 29.6.